The molecule has 1 saturated heterocycles. The average molecular weight is 534 g/mol. The minimum Gasteiger partial charge on any atom is -0.497 e. The van der Waals surface area contributed by atoms with Gasteiger partial charge in [0.25, 0.3) is 5.17 Å². The Morgan fingerprint density at radius 3 is 2.52 bits per heavy atom. The molecule has 0 bridgehead atoms. The fraction of sp³-hybridized carbons (Fsp3) is 0.500. The third kappa shape index (κ3) is 6.84. The summed E-state index contributed by atoms with van der Waals surface area (Å²) in [5.41, 5.74) is 0.921. The molecule has 1 aliphatic carbocycles. The molecule has 0 amide bonds. The molecule has 3 atom stereocenters. The minimum absolute atomic E-state index is 0.184. The maximum Gasteiger partial charge on any atom is 0.261 e. The van der Waals surface area contributed by atoms with Crippen LogP contribution in [-0.2, 0) is 4.74 Å². The lowest BCUT2D eigenvalue weighted by Crippen LogP contribution is -2.54. The highest BCUT2D eigenvalue weighted by Crippen LogP contribution is 2.37. The van der Waals surface area contributed by atoms with Gasteiger partial charge < -0.3 is 19.5 Å². The summed E-state index contributed by atoms with van der Waals surface area (Å²) in [4.78, 5) is 2.66. The Morgan fingerprint density at radius 2 is 1.76 bits per heavy atom. The number of piperidine rings is 1. The molecule has 178 valence electrons. The van der Waals surface area contributed by atoms with Crippen molar-refractivity contribution < 1.29 is 14.2 Å². The number of hydrogen-bond donors (Lipinski definition) is 1. The van der Waals surface area contributed by atoms with Crippen molar-refractivity contribution in [1.82, 2.24) is 4.90 Å². The molecule has 2 aromatic carbocycles. The van der Waals surface area contributed by atoms with E-state index in [1.54, 1.807) is 7.11 Å². The topological polar surface area (TPSA) is 43.0 Å². The first-order valence-corrected chi connectivity index (χ1v) is 13.1. The van der Waals surface area contributed by atoms with Gasteiger partial charge in [-0.05, 0) is 86.4 Å². The molecule has 1 saturated carbocycles. The van der Waals surface area contributed by atoms with Crippen LogP contribution in [0, 0.1) is 5.92 Å². The van der Waals surface area contributed by atoms with E-state index in [1.807, 2.05) is 48.5 Å². The maximum absolute atomic E-state index is 6.30. The first kappa shape index (κ1) is 24.3. The van der Waals surface area contributed by atoms with Crippen molar-refractivity contribution in [3.63, 3.8) is 0 Å². The number of benzene rings is 2. The Labute approximate surface area is 210 Å². The van der Waals surface area contributed by atoms with E-state index in [4.69, 9.17) is 26.4 Å². The van der Waals surface area contributed by atoms with E-state index in [-0.39, 0.29) is 6.10 Å². The van der Waals surface area contributed by atoms with Gasteiger partial charge in [0, 0.05) is 35.2 Å². The second-order valence-electron chi connectivity index (χ2n) is 8.79. The van der Waals surface area contributed by atoms with Crippen LogP contribution >= 0.6 is 28.1 Å². The SMILES string of the molecule is COc1ccc(NC(=S)OC2CCN(CCCOc3ccc(Br)cc3)C3CCCCC23)cc1. The number of halogens is 1. The molecule has 4 rings (SSSR count). The molecule has 2 aromatic rings. The van der Waals surface area contributed by atoms with Crippen LogP contribution in [0.4, 0.5) is 5.69 Å². The summed E-state index contributed by atoms with van der Waals surface area (Å²) < 4.78 is 18.5. The monoisotopic (exact) mass is 532 g/mol. The first-order chi connectivity index (χ1) is 16.1. The van der Waals surface area contributed by atoms with Crippen LogP contribution in [0.3, 0.4) is 0 Å². The summed E-state index contributed by atoms with van der Waals surface area (Å²) in [7, 11) is 1.67. The zero-order valence-corrected chi connectivity index (χ0v) is 21.6. The second kappa shape index (κ2) is 12.0. The Kier molecular flexibility index (Phi) is 8.87. The summed E-state index contributed by atoms with van der Waals surface area (Å²) in [5.74, 6) is 2.29. The molecule has 1 aliphatic heterocycles. The maximum atomic E-state index is 6.30. The van der Waals surface area contributed by atoms with E-state index < -0.39 is 0 Å². The third-order valence-electron chi connectivity index (χ3n) is 6.70. The molecule has 5 nitrogen and oxygen atoms in total. The number of nitrogens with zero attached hydrogens (tertiary/aromatic N) is 1. The molecule has 0 aromatic heterocycles. The van der Waals surface area contributed by atoms with E-state index in [0.717, 1.165) is 54.2 Å². The van der Waals surface area contributed by atoms with Gasteiger partial charge in [-0.15, -0.1) is 0 Å². The van der Waals surface area contributed by atoms with Gasteiger partial charge in [-0.3, -0.25) is 4.90 Å². The van der Waals surface area contributed by atoms with Gasteiger partial charge in [-0.25, -0.2) is 0 Å². The van der Waals surface area contributed by atoms with Crippen molar-refractivity contribution in [3.8, 4) is 11.5 Å². The highest BCUT2D eigenvalue weighted by Gasteiger charge is 2.40. The average Bonchev–Trinajstić information content (AvgIpc) is 2.84. The molecule has 33 heavy (non-hydrogen) atoms. The molecule has 2 aliphatic rings. The molecule has 3 unspecified atom stereocenters. The third-order valence-corrected chi connectivity index (χ3v) is 7.42. The van der Waals surface area contributed by atoms with Crippen molar-refractivity contribution in [3.05, 3.63) is 53.0 Å². The van der Waals surface area contributed by atoms with Gasteiger partial charge in [-0.2, -0.15) is 0 Å². The van der Waals surface area contributed by atoms with E-state index in [1.165, 1.54) is 25.7 Å². The highest BCUT2D eigenvalue weighted by molar-refractivity contribution is 9.10. The number of hydrogen-bond acceptors (Lipinski definition) is 5. The molecule has 1 heterocycles. The number of methoxy groups -OCH3 is 1. The Hall–Kier alpha value is -1.83. The Morgan fingerprint density at radius 1 is 1.03 bits per heavy atom. The normalized spacial score (nSPS) is 22.8. The lowest BCUT2D eigenvalue weighted by Gasteiger charge is -2.47. The van der Waals surface area contributed by atoms with Gasteiger partial charge in [-0.1, -0.05) is 28.8 Å². The summed E-state index contributed by atoms with van der Waals surface area (Å²) in [6.07, 6.45) is 7.27. The number of fused-ring (bicyclic) bond motifs is 1. The van der Waals surface area contributed by atoms with Crippen LogP contribution in [0.1, 0.15) is 38.5 Å². The molecule has 2 fully saturated rings. The van der Waals surface area contributed by atoms with Crippen LogP contribution in [0.5, 0.6) is 11.5 Å². The smallest absolute Gasteiger partial charge is 0.261 e. The minimum atomic E-state index is 0.184. The molecule has 0 spiro atoms. The highest BCUT2D eigenvalue weighted by atomic mass is 79.9. The van der Waals surface area contributed by atoms with Crippen LogP contribution < -0.4 is 14.8 Å². The predicted octanol–water partition coefficient (Wildman–Crippen LogP) is 6.27. The number of rotatable bonds is 8. The summed E-state index contributed by atoms with van der Waals surface area (Å²) >= 11 is 9.01. The lowest BCUT2D eigenvalue weighted by molar-refractivity contribution is -0.0288. The van der Waals surface area contributed by atoms with E-state index in [2.05, 4.69) is 26.1 Å². The van der Waals surface area contributed by atoms with Crippen molar-refractivity contribution in [1.29, 1.82) is 0 Å². The Bertz CT molecular complexity index is 893. The zero-order chi connectivity index (χ0) is 23.0. The van der Waals surface area contributed by atoms with Crippen LogP contribution in [0.25, 0.3) is 0 Å². The van der Waals surface area contributed by atoms with Crippen LogP contribution in [0.2, 0.25) is 0 Å². The second-order valence-corrected chi connectivity index (χ2v) is 10.1. The number of ether oxygens (including phenoxy) is 3. The van der Waals surface area contributed by atoms with Gasteiger partial charge in [0.15, 0.2) is 0 Å². The predicted molar refractivity (Wildman–Crippen MR) is 140 cm³/mol. The standard InChI is InChI=1S/C26H33BrN2O3S/c1-30-21-13-9-20(10-14-21)28-26(33)32-25-15-17-29(24-6-3-2-5-23(24)25)16-4-18-31-22-11-7-19(27)8-12-22/h7-14,23-25H,2-6,15-18H2,1H3,(H,28,33). The zero-order valence-electron chi connectivity index (χ0n) is 19.2. The number of nitrogens with one attached hydrogen (secondary N) is 1. The molecular formula is C26H33BrN2O3S. The fourth-order valence-electron chi connectivity index (χ4n) is 5.07. The van der Waals surface area contributed by atoms with Crippen LogP contribution in [-0.4, -0.2) is 49.0 Å². The van der Waals surface area contributed by atoms with E-state index in [9.17, 15) is 0 Å². The number of anilines is 1. The van der Waals surface area contributed by atoms with Gasteiger partial charge >= 0.3 is 0 Å². The largest absolute Gasteiger partial charge is 0.497 e. The summed E-state index contributed by atoms with van der Waals surface area (Å²) in [6.45, 7) is 2.86. The van der Waals surface area contributed by atoms with Gasteiger partial charge in [0.2, 0.25) is 0 Å². The van der Waals surface area contributed by atoms with Crippen molar-refractivity contribution in [2.24, 2.45) is 5.92 Å². The van der Waals surface area contributed by atoms with Gasteiger partial charge in [0.1, 0.15) is 17.6 Å². The summed E-state index contributed by atoms with van der Waals surface area (Å²) in [5, 5.41) is 3.69. The molecular weight excluding hydrogens is 500 g/mol. The number of thiocarbonyl (C=S) groups is 1. The van der Waals surface area contributed by atoms with Crippen LogP contribution in [0.15, 0.2) is 53.0 Å². The molecule has 0 radical (unpaired) electrons. The van der Waals surface area contributed by atoms with E-state index >= 15 is 0 Å². The van der Waals surface area contributed by atoms with E-state index in [0.29, 0.717) is 17.1 Å². The van der Waals surface area contributed by atoms with Crippen molar-refractivity contribution >= 4 is 39.0 Å². The number of likely N-dealkylation sites (tertiary alicyclic amines) is 1. The van der Waals surface area contributed by atoms with Gasteiger partial charge in [0.05, 0.1) is 13.7 Å². The fourth-order valence-corrected chi connectivity index (χ4v) is 5.58. The van der Waals surface area contributed by atoms with Crippen molar-refractivity contribution in [2.75, 3.05) is 32.1 Å². The molecule has 1 N–H and O–H groups in total. The lowest BCUT2D eigenvalue weighted by atomic mass is 9.76. The Balaban J connectivity index is 1.26. The summed E-state index contributed by atoms with van der Waals surface area (Å²) in [6, 6.07) is 16.4. The van der Waals surface area contributed by atoms with Crippen molar-refractivity contribution in [2.45, 2.75) is 50.7 Å². The molecule has 7 heteroatoms. The first-order valence-electron chi connectivity index (χ1n) is 11.9. The quantitative estimate of drug-likeness (QED) is 0.319.